The van der Waals surface area contributed by atoms with Gasteiger partial charge >= 0.3 is 5.69 Å². The van der Waals surface area contributed by atoms with Crippen molar-refractivity contribution in [2.24, 2.45) is 5.92 Å². The van der Waals surface area contributed by atoms with E-state index >= 15 is 0 Å². The second-order valence-electron chi connectivity index (χ2n) is 7.73. The summed E-state index contributed by atoms with van der Waals surface area (Å²) in [5.41, 5.74) is 2.05. The Morgan fingerprint density at radius 3 is 2.60 bits per heavy atom. The van der Waals surface area contributed by atoms with Crippen LogP contribution in [0.5, 0.6) is 0 Å². The number of aromatic nitrogens is 2. The van der Waals surface area contributed by atoms with Crippen molar-refractivity contribution >= 4 is 11.0 Å². The molecule has 5 nitrogen and oxygen atoms in total. The first-order valence-electron chi connectivity index (χ1n) is 9.93. The number of benzene rings is 1. The van der Waals surface area contributed by atoms with Crippen molar-refractivity contribution in [1.29, 1.82) is 0 Å². The van der Waals surface area contributed by atoms with Gasteiger partial charge in [-0.05, 0) is 76.2 Å². The fraction of sp³-hybridized carbons (Fsp3) is 0.650. The van der Waals surface area contributed by atoms with Gasteiger partial charge in [-0.1, -0.05) is 12.1 Å². The third-order valence-corrected chi connectivity index (χ3v) is 6.09. The number of hydrogen-bond donors (Lipinski definition) is 2. The zero-order valence-corrected chi connectivity index (χ0v) is 15.0. The number of H-pyrrole nitrogens is 1. The highest BCUT2D eigenvalue weighted by atomic mass is 16.1. The van der Waals surface area contributed by atoms with Gasteiger partial charge in [0, 0.05) is 19.1 Å². The predicted molar refractivity (Wildman–Crippen MR) is 102 cm³/mol. The molecule has 3 heterocycles. The van der Waals surface area contributed by atoms with Gasteiger partial charge in [0.05, 0.1) is 11.0 Å². The van der Waals surface area contributed by atoms with Crippen molar-refractivity contribution in [2.45, 2.75) is 44.6 Å². The minimum atomic E-state index is 0.0468. The summed E-state index contributed by atoms with van der Waals surface area (Å²) in [5.74, 6) is 0.934. The van der Waals surface area contributed by atoms with Crippen LogP contribution in [0, 0.1) is 5.92 Å². The molecule has 4 rings (SSSR count). The summed E-state index contributed by atoms with van der Waals surface area (Å²) < 4.78 is 1.99. The monoisotopic (exact) mass is 342 g/mol. The molecule has 0 bridgehead atoms. The van der Waals surface area contributed by atoms with Gasteiger partial charge in [-0.25, -0.2) is 4.79 Å². The first-order valence-corrected chi connectivity index (χ1v) is 9.93. The largest absolute Gasteiger partial charge is 0.326 e. The Labute approximate surface area is 149 Å². The van der Waals surface area contributed by atoms with E-state index < -0.39 is 0 Å². The zero-order chi connectivity index (χ0) is 17.1. The summed E-state index contributed by atoms with van der Waals surface area (Å²) in [7, 11) is 0. The van der Waals surface area contributed by atoms with Gasteiger partial charge < -0.3 is 15.2 Å². The van der Waals surface area contributed by atoms with E-state index in [-0.39, 0.29) is 5.69 Å². The number of imidazole rings is 1. The van der Waals surface area contributed by atoms with Crippen LogP contribution in [-0.2, 0) is 0 Å². The number of likely N-dealkylation sites (tertiary alicyclic amines) is 1. The highest BCUT2D eigenvalue weighted by molar-refractivity contribution is 5.75. The van der Waals surface area contributed by atoms with Gasteiger partial charge in [0.25, 0.3) is 0 Å². The predicted octanol–water partition coefficient (Wildman–Crippen LogP) is 2.75. The van der Waals surface area contributed by atoms with Crippen LogP contribution in [0.1, 0.15) is 44.6 Å². The molecule has 0 spiro atoms. The molecule has 0 aliphatic carbocycles. The topological polar surface area (TPSA) is 53.1 Å². The van der Waals surface area contributed by atoms with Crippen molar-refractivity contribution < 1.29 is 0 Å². The summed E-state index contributed by atoms with van der Waals surface area (Å²) >= 11 is 0. The van der Waals surface area contributed by atoms with Gasteiger partial charge in [-0.2, -0.15) is 0 Å². The Kier molecular flexibility index (Phi) is 5.22. The zero-order valence-electron chi connectivity index (χ0n) is 15.0. The molecule has 2 fully saturated rings. The lowest BCUT2D eigenvalue weighted by Crippen LogP contribution is -2.37. The molecule has 0 atom stereocenters. The van der Waals surface area contributed by atoms with Crippen LogP contribution in [0.25, 0.3) is 11.0 Å². The van der Waals surface area contributed by atoms with Crippen LogP contribution in [0.4, 0.5) is 0 Å². The lowest BCUT2D eigenvalue weighted by Gasteiger charge is -2.33. The lowest BCUT2D eigenvalue weighted by atomic mass is 9.93. The van der Waals surface area contributed by atoms with Crippen molar-refractivity contribution in [3.05, 3.63) is 34.7 Å². The van der Waals surface area contributed by atoms with E-state index in [1.54, 1.807) is 0 Å². The molecule has 2 N–H and O–H groups in total. The maximum absolute atomic E-state index is 12.4. The number of nitrogens with one attached hydrogen (secondary N) is 2. The molecule has 1 aromatic carbocycles. The van der Waals surface area contributed by atoms with Crippen LogP contribution in [-0.4, -0.2) is 47.2 Å². The Morgan fingerprint density at radius 2 is 1.80 bits per heavy atom. The van der Waals surface area contributed by atoms with E-state index in [2.05, 4.69) is 21.3 Å². The quantitative estimate of drug-likeness (QED) is 0.878. The molecule has 2 aliphatic rings. The fourth-order valence-electron chi connectivity index (χ4n) is 4.61. The smallest absolute Gasteiger partial charge is 0.317 e. The van der Waals surface area contributed by atoms with Crippen LogP contribution >= 0.6 is 0 Å². The molecule has 136 valence electrons. The molecule has 5 heteroatoms. The minimum Gasteiger partial charge on any atom is -0.317 e. The van der Waals surface area contributed by atoms with E-state index in [0.29, 0.717) is 6.04 Å². The van der Waals surface area contributed by atoms with Gasteiger partial charge in [-0.3, -0.25) is 4.57 Å². The second kappa shape index (κ2) is 7.75. The number of piperidine rings is 2. The fourth-order valence-corrected chi connectivity index (χ4v) is 4.61. The molecule has 2 saturated heterocycles. The van der Waals surface area contributed by atoms with Crippen molar-refractivity contribution in [3.8, 4) is 0 Å². The van der Waals surface area contributed by atoms with Crippen molar-refractivity contribution in [1.82, 2.24) is 19.8 Å². The number of aromatic amines is 1. The van der Waals surface area contributed by atoms with Gasteiger partial charge in [0.1, 0.15) is 0 Å². The first-order chi connectivity index (χ1) is 12.3. The molecule has 0 saturated carbocycles. The molecular weight excluding hydrogens is 312 g/mol. The summed E-state index contributed by atoms with van der Waals surface area (Å²) in [4.78, 5) is 17.9. The number of rotatable bonds is 5. The van der Waals surface area contributed by atoms with E-state index in [1.807, 2.05) is 22.8 Å². The highest BCUT2D eigenvalue weighted by Crippen LogP contribution is 2.25. The summed E-state index contributed by atoms with van der Waals surface area (Å²) in [6, 6.07) is 8.38. The summed E-state index contributed by atoms with van der Waals surface area (Å²) in [6.45, 7) is 5.86. The van der Waals surface area contributed by atoms with E-state index in [9.17, 15) is 4.79 Å². The Hall–Kier alpha value is -1.59. The number of nitrogens with zero attached hydrogens (tertiary/aromatic N) is 2. The number of hydrogen-bond acceptors (Lipinski definition) is 3. The average Bonchev–Trinajstić information content (AvgIpc) is 2.99. The van der Waals surface area contributed by atoms with Crippen molar-refractivity contribution in [3.63, 3.8) is 0 Å². The standard InChI is InChI=1S/C20H30N4O/c25-20-22-18-5-1-2-6-19(18)24(20)17-9-14-23(15-10-17)13-3-4-16-7-11-21-12-8-16/h1-2,5-6,16-17,21H,3-4,7-15H2,(H,22,25). The maximum atomic E-state index is 12.4. The Bertz CT molecular complexity index is 735. The molecule has 2 aromatic rings. The van der Waals surface area contributed by atoms with Crippen molar-refractivity contribution in [2.75, 3.05) is 32.7 Å². The normalized spacial score (nSPS) is 21.1. The molecule has 0 unspecified atom stereocenters. The van der Waals surface area contributed by atoms with Crippen LogP contribution in [0.3, 0.4) is 0 Å². The highest BCUT2D eigenvalue weighted by Gasteiger charge is 2.23. The Balaban J connectivity index is 1.29. The Morgan fingerprint density at radius 1 is 1.04 bits per heavy atom. The molecule has 2 aliphatic heterocycles. The minimum absolute atomic E-state index is 0.0468. The lowest BCUT2D eigenvalue weighted by molar-refractivity contribution is 0.179. The number of para-hydroxylation sites is 2. The average molecular weight is 342 g/mol. The SMILES string of the molecule is O=c1[nH]c2ccccc2n1C1CCN(CCCC2CCNCC2)CC1. The maximum Gasteiger partial charge on any atom is 0.326 e. The second-order valence-corrected chi connectivity index (χ2v) is 7.73. The molecule has 1 aromatic heterocycles. The van der Waals surface area contributed by atoms with E-state index in [4.69, 9.17) is 0 Å². The van der Waals surface area contributed by atoms with Crippen LogP contribution < -0.4 is 11.0 Å². The third-order valence-electron chi connectivity index (χ3n) is 6.09. The molecule has 0 radical (unpaired) electrons. The van der Waals surface area contributed by atoms with E-state index in [0.717, 1.165) is 42.9 Å². The first kappa shape index (κ1) is 16.9. The molecular formula is C20H30N4O. The van der Waals surface area contributed by atoms with Crippen LogP contribution in [0.2, 0.25) is 0 Å². The van der Waals surface area contributed by atoms with Gasteiger partial charge in [0.15, 0.2) is 0 Å². The summed E-state index contributed by atoms with van der Waals surface area (Å²) in [5, 5.41) is 3.45. The molecule has 25 heavy (non-hydrogen) atoms. The van der Waals surface area contributed by atoms with Gasteiger partial charge in [0.2, 0.25) is 0 Å². The van der Waals surface area contributed by atoms with E-state index in [1.165, 1.54) is 45.3 Å². The molecule has 0 amide bonds. The van der Waals surface area contributed by atoms with Gasteiger partial charge in [-0.15, -0.1) is 0 Å². The number of fused-ring (bicyclic) bond motifs is 1. The summed E-state index contributed by atoms with van der Waals surface area (Å²) in [6.07, 6.45) is 7.56. The third kappa shape index (κ3) is 3.82. The van der Waals surface area contributed by atoms with Crippen LogP contribution in [0.15, 0.2) is 29.1 Å².